The molecule has 0 aliphatic heterocycles. The quantitative estimate of drug-likeness (QED) is 0.891. The maximum Gasteiger partial charge on any atom is 0.240 e. The molecule has 0 aliphatic rings. The molecule has 0 saturated carbocycles. The predicted octanol–water partition coefficient (Wildman–Crippen LogP) is 2.76. The Labute approximate surface area is 129 Å². The fraction of sp³-hybridized carbons (Fsp3) is 0.375. The van der Waals surface area contributed by atoms with Gasteiger partial charge in [0.2, 0.25) is 11.8 Å². The van der Waals surface area contributed by atoms with Crippen molar-refractivity contribution in [2.45, 2.75) is 26.8 Å². The number of nitrogens with zero attached hydrogens (tertiary/aromatic N) is 2. The Morgan fingerprint density at radius 3 is 2.64 bits per heavy atom. The number of hydrogen-bond acceptors (Lipinski definition) is 4. The molecular formula is C16H20FN3O2. The summed E-state index contributed by atoms with van der Waals surface area (Å²) in [6.45, 7) is 4.61. The average molecular weight is 305 g/mol. The second kappa shape index (κ2) is 7.17. The maximum absolute atomic E-state index is 12.9. The number of benzene rings is 1. The van der Waals surface area contributed by atoms with Crippen molar-refractivity contribution in [1.82, 2.24) is 10.1 Å². The first-order valence-corrected chi connectivity index (χ1v) is 7.17. The fourth-order valence-electron chi connectivity index (χ4n) is 2.18. The second-order valence-electron chi connectivity index (χ2n) is 5.28. The number of amides is 1. The Hall–Kier alpha value is -2.21. The number of likely N-dealkylation sites (N-methyl/N-ethyl adjacent to an activating group) is 1. The van der Waals surface area contributed by atoms with Crippen LogP contribution in [0.3, 0.4) is 0 Å². The van der Waals surface area contributed by atoms with Gasteiger partial charge >= 0.3 is 0 Å². The average Bonchev–Trinajstić information content (AvgIpc) is 2.82. The van der Waals surface area contributed by atoms with E-state index in [1.807, 2.05) is 25.8 Å². The van der Waals surface area contributed by atoms with Crippen molar-refractivity contribution in [3.63, 3.8) is 0 Å². The zero-order chi connectivity index (χ0) is 16.1. The summed E-state index contributed by atoms with van der Waals surface area (Å²) in [5.41, 5.74) is 2.65. The van der Waals surface area contributed by atoms with Gasteiger partial charge in [0, 0.05) is 12.1 Å². The molecule has 1 N–H and O–H groups in total. The zero-order valence-corrected chi connectivity index (χ0v) is 13.0. The van der Waals surface area contributed by atoms with Gasteiger partial charge in [0.15, 0.2) is 0 Å². The van der Waals surface area contributed by atoms with Gasteiger partial charge in [-0.25, -0.2) is 4.39 Å². The number of rotatable bonds is 6. The first kappa shape index (κ1) is 16.2. The van der Waals surface area contributed by atoms with Crippen LogP contribution >= 0.6 is 0 Å². The zero-order valence-electron chi connectivity index (χ0n) is 13.0. The van der Waals surface area contributed by atoms with E-state index in [4.69, 9.17) is 4.52 Å². The third-order valence-electron chi connectivity index (χ3n) is 3.39. The molecule has 1 aromatic heterocycles. The van der Waals surface area contributed by atoms with Crippen LogP contribution in [0.15, 0.2) is 28.8 Å². The standard InChI is InChI=1S/C16H20FN3O2/c1-4-14-11(2)16(22-19-14)18-15(21)10-20(3)9-12-5-7-13(17)8-6-12/h5-8H,4,9-10H2,1-3H3,(H,18,21). The highest BCUT2D eigenvalue weighted by Gasteiger charge is 2.14. The summed E-state index contributed by atoms with van der Waals surface area (Å²) in [7, 11) is 1.83. The van der Waals surface area contributed by atoms with Gasteiger partial charge in [-0.1, -0.05) is 24.2 Å². The number of nitrogens with one attached hydrogen (secondary N) is 1. The summed E-state index contributed by atoms with van der Waals surface area (Å²) in [6.07, 6.45) is 0.760. The van der Waals surface area contributed by atoms with Gasteiger partial charge in [0.1, 0.15) is 5.82 Å². The Morgan fingerprint density at radius 2 is 2.05 bits per heavy atom. The van der Waals surface area contributed by atoms with E-state index in [-0.39, 0.29) is 18.3 Å². The first-order valence-electron chi connectivity index (χ1n) is 7.17. The van der Waals surface area contributed by atoms with Crippen LogP contribution < -0.4 is 5.32 Å². The third kappa shape index (κ3) is 4.14. The van der Waals surface area contributed by atoms with Crippen molar-refractivity contribution in [3.8, 4) is 0 Å². The molecule has 0 saturated heterocycles. The van der Waals surface area contributed by atoms with Crippen LogP contribution in [0.5, 0.6) is 0 Å². The molecule has 0 bridgehead atoms. The Bertz CT molecular complexity index is 637. The maximum atomic E-state index is 12.9. The second-order valence-corrected chi connectivity index (χ2v) is 5.28. The number of anilines is 1. The van der Waals surface area contributed by atoms with E-state index < -0.39 is 0 Å². The van der Waals surface area contributed by atoms with Gasteiger partial charge in [-0.05, 0) is 38.1 Å². The minimum Gasteiger partial charge on any atom is -0.338 e. The van der Waals surface area contributed by atoms with Crippen molar-refractivity contribution in [1.29, 1.82) is 0 Å². The van der Waals surface area contributed by atoms with E-state index >= 15 is 0 Å². The van der Waals surface area contributed by atoms with Crippen LogP contribution in [0.4, 0.5) is 10.3 Å². The molecule has 5 nitrogen and oxygen atoms in total. The van der Waals surface area contributed by atoms with Gasteiger partial charge in [-0.2, -0.15) is 0 Å². The molecule has 0 atom stereocenters. The van der Waals surface area contributed by atoms with E-state index in [0.29, 0.717) is 12.4 Å². The summed E-state index contributed by atoms with van der Waals surface area (Å²) >= 11 is 0. The lowest BCUT2D eigenvalue weighted by atomic mass is 10.2. The topological polar surface area (TPSA) is 58.4 Å². The molecule has 1 amide bonds. The molecule has 2 rings (SSSR count). The van der Waals surface area contributed by atoms with Gasteiger partial charge < -0.3 is 4.52 Å². The number of aryl methyl sites for hydroxylation is 1. The van der Waals surface area contributed by atoms with Gasteiger partial charge in [-0.15, -0.1) is 0 Å². The minimum absolute atomic E-state index is 0.175. The summed E-state index contributed by atoms with van der Waals surface area (Å²) in [5.74, 6) is -0.0415. The van der Waals surface area contributed by atoms with E-state index in [1.165, 1.54) is 12.1 Å². The summed E-state index contributed by atoms with van der Waals surface area (Å²) < 4.78 is 18.0. The molecule has 1 heterocycles. The minimum atomic E-state index is -0.267. The number of carbonyl (C=O) groups is 1. The summed E-state index contributed by atoms with van der Waals surface area (Å²) in [5, 5.41) is 6.62. The summed E-state index contributed by atoms with van der Waals surface area (Å²) in [4.78, 5) is 13.9. The molecule has 0 unspecified atom stereocenters. The number of aromatic nitrogens is 1. The monoisotopic (exact) mass is 305 g/mol. The van der Waals surface area contributed by atoms with E-state index in [0.717, 1.165) is 23.2 Å². The van der Waals surface area contributed by atoms with E-state index in [9.17, 15) is 9.18 Å². The molecule has 0 fully saturated rings. The first-order chi connectivity index (χ1) is 10.5. The number of hydrogen-bond donors (Lipinski definition) is 1. The highest BCUT2D eigenvalue weighted by atomic mass is 19.1. The van der Waals surface area contributed by atoms with Gasteiger partial charge in [0.25, 0.3) is 0 Å². The molecular weight excluding hydrogens is 285 g/mol. The highest BCUT2D eigenvalue weighted by molar-refractivity contribution is 5.91. The molecule has 0 aliphatic carbocycles. The summed E-state index contributed by atoms with van der Waals surface area (Å²) in [6, 6.07) is 6.23. The van der Waals surface area contributed by atoms with Crippen molar-refractivity contribution in [2.75, 3.05) is 18.9 Å². The lowest BCUT2D eigenvalue weighted by Crippen LogP contribution is -2.29. The molecule has 6 heteroatoms. The van der Waals surface area contributed by atoms with Crippen LogP contribution in [0.2, 0.25) is 0 Å². The Kier molecular flexibility index (Phi) is 5.27. The molecule has 0 spiro atoms. The van der Waals surface area contributed by atoms with Crippen molar-refractivity contribution in [2.24, 2.45) is 0 Å². The lowest BCUT2D eigenvalue weighted by Gasteiger charge is -2.15. The van der Waals surface area contributed by atoms with Gasteiger partial charge in [0.05, 0.1) is 12.2 Å². The Balaban J connectivity index is 1.88. The van der Waals surface area contributed by atoms with E-state index in [2.05, 4.69) is 10.5 Å². The van der Waals surface area contributed by atoms with Crippen LogP contribution in [0.25, 0.3) is 0 Å². The Morgan fingerprint density at radius 1 is 1.36 bits per heavy atom. The molecule has 2 aromatic rings. The van der Waals surface area contributed by atoms with E-state index in [1.54, 1.807) is 12.1 Å². The van der Waals surface area contributed by atoms with Gasteiger partial charge in [-0.3, -0.25) is 15.0 Å². The third-order valence-corrected chi connectivity index (χ3v) is 3.39. The van der Waals surface area contributed by atoms with Crippen molar-refractivity contribution < 1.29 is 13.7 Å². The number of carbonyl (C=O) groups excluding carboxylic acids is 1. The molecule has 0 radical (unpaired) electrons. The van der Waals surface area contributed by atoms with Crippen LogP contribution in [-0.2, 0) is 17.8 Å². The SMILES string of the molecule is CCc1noc(NC(=O)CN(C)Cc2ccc(F)cc2)c1C. The fourth-order valence-corrected chi connectivity index (χ4v) is 2.18. The van der Waals surface area contributed by atoms with Crippen LogP contribution in [0, 0.1) is 12.7 Å². The predicted molar refractivity (Wildman–Crippen MR) is 82.0 cm³/mol. The largest absolute Gasteiger partial charge is 0.338 e. The molecule has 22 heavy (non-hydrogen) atoms. The molecule has 1 aromatic carbocycles. The van der Waals surface area contributed by atoms with Crippen molar-refractivity contribution >= 4 is 11.8 Å². The van der Waals surface area contributed by atoms with Crippen molar-refractivity contribution in [3.05, 3.63) is 46.9 Å². The normalized spacial score (nSPS) is 11.0. The highest BCUT2D eigenvalue weighted by Crippen LogP contribution is 2.18. The molecule has 118 valence electrons. The number of halogens is 1. The van der Waals surface area contributed by atoms with Crippen LogP contribution in [-0.4, -0.2) is 29.6 Å². The van der Waals surface area contributed by atoms with Crippen LogP contribution in [0.1, 0.15) is 23.7 Å². The smallest absolute Gasteiger partial charge is 0.240 e. The lowest BCUT2D eigenvalue weighted by molar-refractivity contribution is -0.117.